The number of carbonyl (C=O) groups excluding carboxylic acids is 1. The molecular weight excluding hydrogens is 236 g/mol. The third-order valence-electron chi connectivity index (χ3n) is 6.20. The molecule has 1 unspecified atom stereocenters. The summed E-state index contributed by atoms with van der Waals surface area (Å²) < 4.78 is 0. The Balaban J connectivity index is 1.74. The quantitative estimate of drug-likeness (QED) is 0.819. The average molecular weight is 264 g/mol. The molecule has 4 bridgehead atoms. The smallest absolute Gasteiger partial charge is 0.227 e. The molecule has 1 atom stereocenters. The topological polar surface area (TPSA) is 55.1 Å². The summed E-state index contributed by atoms with van der Waals surface area (Å²) in [7, 11) is 0. The second-order valence-corrected chi connectivity index (χ2v) is 7.77. The lowest BCUT2D eigenvalue weighted by atomic mass is 9.53. The van der Waals surface area contributed by atoms with Gasteiger partial charge in [-0.2, -0.15) is 0 Å². The third-order valence-corrected chi connectivity index (χ3v) is 6.20. The monoisotopic (exact) mass is 264 g/mol. The molecule has 0 aromatic rings. The summed E-state index contributed by atoms with van der Waals surface area (Å²) in [6.07, 6.45) is 8.71. The molecule has 0 aliphatic heterocycles. The first-order chi connectivity index (χ1) is 8.98. The molecule has 0 saturated heterocycles. The van der Waals surface area contributed by atoms with Crippen LogP contribution in [0, 0.1) is 23.2 Å². The Hall–Kier alpha value is -0.570. The summed E-state index contributed by atoms with van der Waals surface area (Å²) in [6.45, 7) is 4.51. The van der Waals surface area contributed by atoms with Crippen molar-refractivity contribution in [2.24, 2.45) is 28.9 Å². The zero-order valence-electron chi connectivity index (χ0n) is 12.4. The molecule has 0 radical (unpaired) electrons. The Morgan fingerprint density at radius 3 is 2.05 bits per heavy atom. The minimum absolute atomic E-state index is 0.122. The highest BCUT2D eigenvalue weighted by Gasteiger charge is 2.52. The predicted octanol–water partition coefficient (Wildman–Crippen LogP) is 2.45. The maximum atomic E-state index is 12.6. The van der Waals surface area contributed by atoms with Gasteiger partial charge in [-0.05, 0) is 69.6 Å². The van der Waals surface area contributed by atoms with Gasteiger partial charge in [0.1, 0.15) is 0 Å². The fourth-order valence-corrected chi connectivity index (χ4v) is 5.05. The second-order valence-electron chi connectivity index (χ2n) is 7.77. The van der Waals surface area contributed by atoms with Gasteiger partial charge in [-0.15, -0.1) is 0 Å². The average Bonchev–Trinajstić information content (AvgIpc) is 2.35. The molecule has 4 saturated carbocycles. The number of amides is 1. The molecule has 4 rings (SSSR count). The molecule has 0 aromatic heterocycles. The van der Waals surface area contributed by atoms with Gasteiger partial charge in [0.05, 0.1) is 5.41 Å². The van der Waals surface area contributed by atoms with Crippen molar-refractivity contribution >= 4 is 5.91 Å². The molecule has 3 nitrogen and oxygen atoms in total. The molecule has 3 N–H and O–H groups in total. The lowest BCUT2D eigenvalue weighted by molar-refractivity contribution is -0.135. The van der Waals surface area contributed by atoms with Gasteiger partial charge in [0.25, 0.3) is 0 Å². The minimum Gasteiger partial charge on any atom is -0.350 e. The van der Waals surface area contributed by atoms with Crippen LogP contribution in [-0.2, 0) is 4.79 Å². The van der Waals surface area contributed by atoms with Gasteiger partial charge in [0.15, 0.2) is 0 Å². The van der Waals surface area contributed by atoms with Gasteiger partial charge < -0.3 is 11.1 Å². The molecule has 0 aromatic carbocycles. The molecular formula is C16H28N2O. The normalized spacial score (nSPS) is 43.0. The highest BCUT2D eigenvalue weighted by atomic mass is 16.2. The molecule has 3 heteroatoms. The first-order valence-corrected chi connectivity index (χ1v) is 8.01. The van der Waals surface area contributed by atoms with Crippen LogP contribution < -0.4 is 11.1 Å². The number of hydrogen-bond acceptors (Lipinski definition) is 2. The molecule has 19 heavy (non-hydrogen) atoms. The van der Waals surface area contributed by atoms with Crippen molar-refractivity contribution in [3.63, 3.8) is 0 Å². The first-order valence-electron chi connectivity index (χ1n) is 8.01. The maximum Gasteiger partial charge on any atom is 0.227 e. The van der Waals surface area contributed by atoms with E-state index in [4.69, 9.17) is 5.73 Å². The number of rotatable bonds is 4. The van der Waals surface area contributed by atoms with Crippen molar-refractivity contribution in [3.05, 3.63) is 0 Å². The highest BCUT2D eigenvalue weighted by Crippen LogP contribution is 2.55. The summed E-state index contributed by atoms with van der Waals surface area (Å²) in [4.78, 5) is 12.6. The molecule has 108 valence electrons. The Morgan fingerprint density at radius 1 is 1.21 bits per heavy atom. The summed E-state index contributed by atoms with van der Waals surface area (Å²) in [6, 6.07) is 0. The summed E-state index contributed by atoms with van der Waals surface area (Å²) >= 11 is 0. The zero-order valence-corrected chi connectivity index (χ0v) is 12.4. The van der Waals surface area contributed by atoms with Gasteiger partial charge in [-0.1, -0.05) is 6.92 Å². The van der Waals surface area contributed by atoms with Crippen molar-refractivity contribution in [2.45, 2.75) is 64.3 Å². The molecule has 0 heterocycles. The Morgan fingerprint density at radius 2 is 1.68 bits per heavy atom. The van der Waals surface area contributed by atoms with E-state index in [0.29, 0.717) is 6.54 Å². The van der Waals surface area contributed by atoms with E-state index in [1.165, 1.54) is 38.5 Å². The fraction of sp³-hybridized carbons (Fsp3) is 0.938. The van der Waals surface area contributed by atoms with Crippen molar-refractivity contribution in [1.82, 2.24) is 5.32 Å². The molecule has 0 spiro atoms. The van der Waals surface area contributed by atoms with Crippen LogP contribution in [0.1, 0.15) is 58.8 Å². The number of hydrogen-bond donors (Lipinski definition) is 2. The van der Waals surface area contributed by atoms with Gasteiger partial charge in [-0.25, -0.2) is 0 Å². The lowest BCUT2D eigenvalue weighted by Gasteiger charge is -2.57. The minimum atomic E-state index is -0.386. The second kappa shape index (κ2) is 4.47. The first kappa shape index (κ1) is 13.4. The van der Waals surface area contributed by atoms with Crippen LogP contribution in [-0.4, -0.2) is 18.0 Å². The van der Waals surface area contributed by atoms with Crippen LogP contribution >= 0.6 is 0 Å². The number of carbonyl (C=O) groups is 1. The van der Waals surface area contributed by atoms with E-state index < -0.39 is 0 Å². The SMILES string of the molecule is CCC(C)(CN)C(=O)NC12CC3CC(CC(C3)C1)C2. The Kier molecular flexibility index (Phi) is 3.16. The number of nitrogens with two attached hydrogens (primary N) is 1. The van der Waals surface area contributed by atoms with E-state index in [2.05, 4.69) is 12.2 Å². The van der Waals surface area contributed by atoms with Crippen molar-refractivity contribution in [2.75, 3.05) is 6.54 Å². The summed E-state index contributed by atoms with van der Waals surface area (Å²) in [5.41, 5.74) is 5.56. The largest absolute Gasteiger partial charge is 0.350 e. The maximum absolute atomic E-state index is 12.6. The van der Waals surface area contributed by atoms with Crippen LogP contribution in [0.3, 0.4) is 0 Å². The predicted molar refractivity (Wildman–Crippen MR) is 76.5 cm³/mol. The summed E-state index contributed by atoms with van der Waals surface area (Å²) in [5, 5.41) is 3.45. The number of nitrogens with one attached hydrogen (secondary N) is 1. The zero-order chi connectivity index (χ0) is 13.7. The van der Waals surface area contributed by atoms with Crippen LogP contribution in [0.25, 0.3) is 0 Å². The molecule has 4 aliphatic rings. The van der Waals surface area contributed by atoms with E-state index in [1.807, 2.05) is 6.92 Å². The van der Waals surface area contributed by atoms with E-state index in [1.54, 1.807) is 0 Å². The third kappa shape index (κ3) is 2.20. The Bertz CT molecular complexity index is 338. The molecule has 1 amide bonds. The van der Waals surface area contributed by atoms with E-state index >= 15 is 0 Å². The lowest BCUT2D eigenvalue weighted by Crippen LogP contribution is -2.62. The van der Waals surface area contributed by atoms with Crippen molar-refractivity contribution in [3.8, 4) is 0 Å². The highest BCUT2D eigenvalue weighted by molar-refractivity contribution is 5.83. The van der Waals surface area contributed by atoms with Crippen molar-refractivity contribution in [1.29, 1.82) is 0 Å². The molecule has 4 fully saturated rings. The van der Waals surface area contributed by atoms with Gasteiger partial charge >= 0.3 is 0 Å². The van der Waals surface area contributed by atoms with Gasteiger partial charge in [0.2, 0.25) is 5.91 Å². The Labute approximate surface area is 116 Å². The van der Waals surface area contributed by atoms with Crippen LogP contribution in [0.15, 0.2) is 0 Å². The molecule has 4 aliphatic carbocycles. The van der Waals surface area contributed by atoms with Gasteiger partial charge in [0, 0.05) is 12.1 Å². The van der Waals surface area contributed by atoms with Gasteiger partial charge in [-0.3, -0.25) is 4.79 Å². The summed E-state index contributed by atoms with van der Waals surface area (Å²) in [5.74, 6) is 2.81. The van der Waals surface area contributed by atoms with Crippen LogP contribution in [0.4, 0.5) is 0 Å². The standard InChI is InChI=1S/C16H28N2O/c1-3-15(2,10-17)14(19)18-16-7-11-4-12(8-16)6-13(5-11)9-16/h11-13H,3-10,17H2,1-2H3,(H,18,19). The fourth-order valence-electron chi connectivity index (χ4n) is 5.05. The van der Waals surface area contributed by atoms with E-state index in [9.17, 15) is 4.79 Å². The van der Waals surface area contributed by atoms with Crippen LogP contribution in [0.2, 0.25) is 0 Å². The van der Waals surface area contributed by atoms with Crippen LogP contribution in [0.5, 0.6) is 0 Å². The van der Waals surface area contributed by atoms with Crippen molar-refractivity contribution < 1.29 is 4.79 Å². The van der Waals surface area contributed by atoms with E-state index in [-0.39, 0.29) is 16.9 Å². The van der Waals surface area contributed by atoms with E-state index in [0.717, 1.165) is 24.2 Å².